The molecule has 0 aromatic heterocycles. The number of benzene rings is 2. The first kappa shape index (κ1) is 41.7. The molecular weight excluding hydrogens is 697 g/mol. The lowest BCUT2D eigenvalue weighted by Gasteiger charge is -2.37. The van der Waals surface area contributed by atoms with Crippen LogP contribution in [-0.4, -0.2) is 102 Å². The van der Waals surface area contributed by atoms with Gasteiger partial charge in [0.1, 0.15) is 17.7 Å². The molecule has 55 heavy (non-hydrogen) atoms. The molecule has 3 aliphatic rings. The fraction of sp³-hybridized carbons (Fsp3) is 0.545. The first-order chi connectivity index (χ1) is 26.6. The van der Waals surface area contributed by atoms with Crippen molar-refractivity contribution in [3.8, 4) is 0 Å². The molecule has 11 nitrogen and oxygen atoms in total. The van der Waals surface area contributed by atoms with E-state index in [1.54, 1.807) is 33.9 Å². The van der Waals surface area contributed by atoms with Crippen molar-refractivity contribution >= 4 is 35.1 Å². The van der Waals surface area contributed by atoms with Gasteiger partial charge < -0.3 is 34.2 Å². The summed E-state index contributed by atoms with van der Waals surface area (Å²) in [4.78, 5) is 64.6. The molecule has 7 atom stereocenters. The third-order valence-electron chi connectivity index (χ3n) is 11.9. The maximum atomic E-state index is 15.0. The summed E-state index contributed by atoms with van der Waals surface area (Å²) in [5, 5.41) is 9.34. The van der Waals surface area contributed by atoms with E-state index in [-0.39, 0.29) is 37.3 Å². The molecule has 2 aromatic rings. The molecule has 1 spiro atoms. The molecule has 3 fully saturated rings. The Morgan fingerprint density at radius 2 is 1.67 bits per heavy atom. The normalized spacial score (nSPS) is 23.5. The van der Waals surface area contributed by atoms with Gasteiger partial charge in [0.25, 0.3) is 5.91 Å². The van der Waals surface area contributed by atoms with Crippen molar-refractivity contribution in [3.05, 3.63) is 85.5 Å². The van der Waals surface area contributed by atoms with Crippen LogP contribution in [0.4, 0.5) is 11.4 Å². The van der Waals surface area contributed by atoms with Gasteiger partial charge in [-0.15, -0.1) is 13.2 Å². The van der Waals surface area contributed by atoms with Gasteiger partial charge in [-0.1, -0.05) is 55.3 Å². The topological polar surface area (TPSA) is 120 Å². The van der Waals surface area contributed by atoms with Crippen LogP contribution in [0.2, 0.25) is 0 Å². The number of aliphatic hydroxyl groups is 1. The van der Waals surface area contributed by atoms with Crippen LogP contribution in [0.1, 0.15) is 83.8 Å². The van der Waals surface area contributed by atoms with Crippen molar-refractivity contribution in [2.24, 2.45) is 11.8 Å². The number of esters is 1. The van der Waals surface area contributed by atoms with Crippen LogP contribution in [0, 0.1) is 11.8 Å². The van der Waals surface area contributed by atoms with Gasteiger partial charge in [-0.25, -0.2) is 0 Å². The molecule has 5 rings (SSSR count). The molecule has 0 unspecified atom stereocenters. The lowest BCUT2D eigenvalue weighted by molar-refractivity contribution is -0.164. The molecule has 298 valence electrons. The molecule has 2 aromatic carbocycles. The number of carbonyl (C=O) groups excluding carboxylic acids is 4. The molecule has 2 bridgehead atoms. The number of fused-ring (bicyclic) bond motifs is 1. The van der Waals surface area contributed by atoms with Crippen LogP contribution in [0.5, 0.6) is 0 Å². The zero-order chi connectivity index (χ0) is 39.7. The van der Waals surface area contributed by atoms with E-state index in [4.69, 9.17) is 9.47 Å². The first-order valence-electron chi connectivity index (χ1n) is 20.1. The van der Waals surface area contributed by atoms with Gasteiger partial charge in [-0.3, -0.25) is 19.2 Å². The number of hydrogen-bond acceptors (Lipinski definition) is 8. The molecule has 3 saturated heterocycles. The Morgan fingerprint density at radius 3 is 2.31 bits per heavy atom. The molecule has 0 radical (unpaired) electrons. The highest BCUT2D eigenvalue weighted by Gasteiger charge is 2.75. The number of likely N-dealkylation sites (tertiary alicyclic amines) is 1. The van der Waals surface area contributed by atoms with Crippen LogP contribution in [-0.2, 0) is 28.7 Å². The Balaban J connectivity index is 1.48. The lowest BCUT2D eigenvalue weighted by Crippen LogP contribution is -2.56. The quantitative estimate of drug-likeness (QED) is 0.0926. The maximum absolute atomic E-state index is 15.0. The number of carbonyl (C=O) groups is 4. The van der Waals surface area contributed by atoms with Gasteiger partial charge in [-0.05, 0) is 82.7 Å². The third kappa shape index (κ3) is 8.53. The largest absolute Gasteiger partial charge is 0.455 e. The smallest absolute Gasteiger partial charge is 0.313 e. The number of aliphatic hydroxyl groups excluding tert-OH is 1. The molecule has 3 amide bonds. The van der Waals surface area contributed by atoms with E-state index in [1.807, 2.05) is 61.5 Å². The predicted molar refractivity (Wildman–Crippen MR) is 214 cm³/mol. The van der Waals surface area contributed by atoms with Gasteiger partial charge >= 0.3 is 5.97 Å². The van der Waals surface area contributed by atoms with Crippen LogP contribution >= 0.6 is 0 Å². The minimum Gasteiger partial charge on any atom is -0.455 e. The second kappa shape index (κ2) is 18.9. The Kier molecular flexibility index (Phi) is 14.3. The van der Waals surface area contributed by atoms with Crippen molar-refractivity contribution in [1.29, 1.82) is 0 Å². The highest BCUT2D eigenvalue weighted by molar-refractivity contribution is 6.04. The minimum atomic E-state index is -1.21. The van der Waals surface area contributed by atoms with E-state index in [0.717, 1.165) is 37.2 Å². The predicted octanol–water partition coefficient (Wildman–Crippen LogP) is 6.08. The van der Waals surface area contributed by atoms with Crippen molar-refractivity contribution in [3.63, 3.8) is 0 Å². The highest BCUT2D eigenvalue weighted by atomic mass is 16.6. The summed E-state index contributed by atoms with van der Waals surface area (Å²) in [5.41, 5.74) is 1.26. The van der Waals surface area contributed by atoms with Crippen molar-refractivity contribution in [1.82, 2.24) is 9.80 Å². The molecule has 3 heterocycles. The van der Waals surface area contributed by atoms with Gasteiger partial charge in [-0.2, -0.15) is 0 Å². The zero-order valence-corrected chi connectivity index (χ0v) is 33.1. The fourth-order valence-electron chi connectivity index (χ4n) is 8.84. The van der Waals surface area contributed by atoms with Crippen LogP contribution in [0.3, 0.4) is 0 Å². The molecular formula is C44H60N4O7. The van der Waals surface area contributed by atoms with E-state index in [2.05, 4.69) is 31.9 Å². The van der Waals surface area contributed by atoms with E-state index in [9.17, 15) is 19.5 Å². The molecule has 0 saturated carbocycles. The van der Waals surface area contributed by atoms with E-state index in [1.165, 1.54) is 0 Å². The SMILES string of the molecule is C=CCCC(=O)N(C)[C@H](C)[C@H](OC(=O)[C@@H]1[C@H]2C(=O)N(CCCCCCO)[C@H](C(=O)N(CC=C)c3ccc(N(CC)CC)cc3)[C@]23CC[C@H]1O3)c1ccccc1. The highest BCUT2D eigenvalue weighted by Crippen LogP contribution is 2.59. The molecule has 0 aliphatic carbocycles. The second-order valence-corrected chi connectivity index (χ2v) is 15.0. The Morgan fingerprint density at radius 1 is 1.00 bits per heavy atom. The van der Waals surface area contributed by atoms with Crippen LogP contribution in [0.15, 0.2) is 79.9 Å². The molecule has 11 heteroatoms. The van der Waals surface area contributed by atoms with E-state index < -0.39 is 47.7 Å². The number of hydrogen-bond donors (Lipinski definition) is 1. The molecule has 1 N–H and O–H groups in total. The Hall–Kier alpha value is -4.48. The fourth-order valence-corrected chi connectivity index (χ4v) is 8.84. The van der Waals surface area contributed by atoms with Crippen molar-refractivity contribution in [2.45, 2.75) is 102 Å². The summed E-state index contributed by atoms with van der Waals surface area (Å²) in [6, 6.07) is 15.7. The minimum absolute atomic E-state index is 0.0961. The number of amides is 3. The van der Waals surface area contributed by atoms with Gasteiger partial charge in [0.2, 0.25) is 11.8 Å². The second-order valence-electron chi connectivity index (χ2n) is 15.0. The zero-order valence-electron chi connectivity index (χ0n) is 33.1. The third-order valence-corrected chi connectivity index (χ3v) is 11.9. The summed E-state index contributed by atoms with van der Waals surface area (Å²) >= 11 is 0. The number of rotatable bonds is 21. The number of anilines is 2. The molecule has 3 aliphatic heterocycles. The lowest BCUT2D eigenvalue weighted by atomic mass is 9.70. The van der Waals surface area contributed by atoms with Gasteiger partial charge in [0.15, 0.2) is 0 Å². The van der Waals surface area contributed by atoms with Gasteiger partial charge in [0, 0.05) is 57.6 Å². The van der Waals surface area contributed by atoms with Crippen LogP contribution in [0.25, 0.3) is 0 Å². The summed E-state index contributed by atoms with van der Waals surface area (Å²) in [7, 11) is 1.71. The number of allylic oxidation sites excluding steroid dienone is 1. The Bertz CT molecular complexity index is 1650. The van der Waals surface area contributed by atoms with Crippen LogP contribution < -0.4 is 9.80 Å². The van der Waals surface area contributed by atoms with E-state index in [0.29, 0.717) is 44.3 Å². The monoisotopic (exact) mass is 756 g/mol. The maximum Gasteiger partial charge on any atom is 0.313 e. The average molecular weight is 757 g/mol. The number of nitrogens with zero attached hydrogens (tertiary/aromatic N) is 4. The van der Waals surface area contributed by atoms with Gasteiger partial charge in [0.05, 0.1) is 24.0 Å². The summed E-state index contributed by atoms with van der Waals surface area (Å²) < 4.78 is 13.2. The van der Waals surface area contributed by atoms with Crippen molar-refractivity contribution in [2.75, 3.05) is 49.6 Å². The summed E-state index contributed by atoms with van der Waals surface area (Å²) in [5.74, 6) is -3.03. The number of likely N-dealkylation sites (N-methyl/N-ethyl adjacent to an activating group) is 1. The standard InChI is InChI=1S/C44H60N4O7/c1-7-11-21-36(50)45(6)31(5)39(32-19-15-14-16-20-32)54-43(53)37-35-26-27-44(55-35)38(37)41(51)48(29-17-12-13-18-30-49)40(44)42(52)47(28-8-2)34-24-22-33(23-25-34)46(9-3)10-4/h7-8,14-16,19-20,22-25,31,35,37-40,49H,1-2,9-13,17-18,21,26-30H2,3-6H3/t31-,35-,37+,38+,39+,40-,44+/m1/s1. The number of ether oxygens (including phenoxy) is 2. The average Bonchev–Trinajstić information content (AvgIpc) is 3.85. The Labute approximate surface area is 326 Å². The van der Waals surface area contributed by atoms with E-state index >= 15 is 4.79 Å². The first-order valence-corrected chi connectivity index (χ1v) is 20.1. The number of unbranched alkanes of at least 4 members (excludes halogenated alkanes) is 3. The summed E-state index contributed by atoms with van der Waals surface area (Å²) in [6.45, 7) is 16.1. The summed E-state index contributed by atoms with van der Waals surface area (Å²) in [6.07, 6.45) is 6.62. The van der Waals surface area contributed by atoms with Crippen molar-refractivity contribution < 1.29 is 33.8 Å².